The summed E-state index contributed by atoms with van der Waals surface area (Å²) in [5.74, 6) is -1.41. The minimum absolute atomic E-state index is 0.00924. The van der Waals surface area contributed by atoms with Crippen LogP contribution in [0.5, 0.6) is 5.75 Å². The number of carbonyl (C=O) groups excluding carboxylic acids is 3. The average Bonchev–Trinajstić information content (AvgIpc) is 3.00. The van der Waals surface area contributed by atoms with Crippen LogP contribution in [0.3, 0.4) is 0 Å². The van der Waals surface area contributed by atoms with Gasteiger partial charge in [0.2, 0.25) is 0 Å². The van der Waals surface area contributed by atoms with Gasteiger partial charge in [0.25, 0.3) is 11.8 Å². The number of aliphatic imine (C=N–C) groups is 1. The Kier molecular flexibility index (Phi) is 5.48. The minimum atomic E-state index is -1.29. The molecule has 158 valence electrons. The number of benzene rings is 2. The summed E-state index contributed by atoms with van der Waals surface area (Å²) in [6.45, 7) is 1.65. The summed E-state index contributed by atoms with van der Waals surface area (Å²) in [5, 5.41) is 9.83. The van der Waals surface area contributed by atoms with Gasteiger partial charge in [0.15, 0.2) is 11.9 Å². The van der Waals surface area contributed by atoms with Crippen molar-refractivity contribution in [3.63, 3.8) is 0 Å². The van der Waals surface area contributed by atoms with Gasteiger partial charge in [-0.05, 0) is 49.2 Å². The molecule has 1 N–H and O–H groups in total. The molecule has 0 aromatic heterocycles. The number of amides is 2. The van der Waals surface area contributed by atoms with Gasteiger partial charge < -0.3 is 9.84 Å². The molecule has 0 bridgehead atoms. The third-order valence-electron chi connectivity index (χ3n) is 5.23. The number of ketones is 1. The summed E-state index contributed by atoms with van der Waals surface area (Å²) in [4.78, 5) is 42.6. The Balaban J connectivity index is 1.45. The fourth-order valence-corrected chi connectivity index (χ4v) is 3.46. The smallest absolute Gasteiger partial charge is 0.261 e. The number of imide groups is 1. The first-order valence-corrected chi connectivity index (χ1v) is 9.68. The van der Waals surface area contributed by atoms with Gasteiger partial charge in [0.05, 0.1) is 16.8 Å². The highest BCUT2D eigenvalue weighted by Crippen LogP contribution is 2.28. The molecule has 2 aliphatic heterocycles. The lowest BCUT2D eigenvalue weighted by atomic mass is 9.99. The number of rotatable bonds is 6. The molecular weight excluding hydrogens is 403 g/mol. The van der Waals surface area contributed by atoms with Crippen molar-refractivity contribution in [1.29, 1.82) is 0 Å². The molecule has 0 saturated carbocycles. The molecule has 0 spiro atoms. The molecule has 2 aliphatic rings. The molecular formula is C23H19FN2O5. The van der Waals surface area contributed by atoms with E-state index in [-0.39, 0.29) is 42.1 Å². The molecule has 2 heterocycles. The van der Waals surface area contributed by atoms with Crippen LogP contribution in [0.4, 0.5) is 4.39 Å². The molecule has 31 heavy (non-hydrogen) atoms. The first-order chi connectivity index (χ1) is 14.8. The molecule has 2 aromatic carbocycles. The maximum atomic E-state index is 13.3. The normalized spacial score (nSPS) is 18.1. The monoisotopic (exact) mass is 422 g/mol. The SMILES string of the molecule is CC1=NC=C(CCN2C(=O)c3ccc(OCc4cccc(F)c4)cc3C2=O)C(=O)C1O. The molecule has 1 unspecified atom stereocenters. The van der Waals surface area contributed by atoms with Crippen molar-refractivity contribution in [2.45, 2.75) is 26.1 Å². The van der Waals surface area contributed by atoms with Crippen molar-refractivity contribution >= 4 is 23.3 Å². The number of nitrogens with zero attached hydrogens (tertiary/aromatic N) is 2. The molecule has 2 amide bonds. The fraction of sp³-hybridized carbons (Fsp3) is 0.217. The Morgan fingerprint density at radius 3 is 2.65 bits per heavy atom. The Morgan fingerprint density at radius 2 is 1.87 bits per heavy atom. The maximum absolute atomic E-state index is 13.3. The highest BCUT2D eigenvalue weighted by Gasteiger charge is 2.36. The zero-order valence-corrected chi connectivity index (χ0v) is 16.7. The van der Waals surface area contributed by atoms with Crippen molar-refractivity contribution in [2.24, 2.45) is 4.99 Å². The summed E-state index contributed by atoms with van der Waals surface area (Å²) < 4.78 is 18.9. The number of aliphatic hydroxyl groups is 1. The molecule has 0 fully saturated rings. The van der Waals surface area contributed by atoms with Gasteiger partial charge in [-0.1, -0.05) is 12.1 Å². The quantitative estimate of drug-likeness (QED) is 0.722. The van der Waals surface area contributed by atoms with Crippen molar-refractivity contribution in [1.82, 2.24) is 4.90 Å². The van der Waals surface area contributed by atoms with E-state index in [2.05, 4.69) is 4.99 Å². The lowest BCUT2D eigenvalue weighted by Gasteiger charge is -2.18. The van der Waals surface area contributed by atoms with Gasteiger partial charge in [-0.15, -0.1) is 0 Å². The molecule has 0 saturated heterocycles. The van der Waals surface area contributed by atoms with Gasteiger partial charge in [-0.2, -0.15) is 0 Å². The third-order valence-corrected chi connectivity index (χ3v) is 5.23. The van der Waals surface area contributed by atoms with E-state index in [0.717, 1.165) is 4.90 Å². The lowest BCUT2D eigenvalue weighted by Crippen LogP contribution is -2.35. The number of carbonyl (C=O) groups is 3. The largest absolute Gasteiger partial charge is 0.489 e. The van der Waals surface area contributed by atoms with E-state index < -0.39 is 23.7 Å². The standard InChI is InChI=1S/C23H19FN2O5/c1-13-20(27)21(28)15(11-25-13)7-8-26-22(29)18-6-5-17(10-19(18)23(26)30)31-12-14-3-2-4-16(24)9-14/h2-6,9-11,20,27H,7-8,12H2,1H3. The minimum Gasteiger partial charge on any atom is -0.489 e. The Bertz CT molecular complexity index is 1150. The van der Waals surface area contributed by atoms with Crippen molar-refractivity contribution in [3.05, 3.63) is 76.7 Å². The Morgan fingerprint density at radius 1 is 1.10 bits per heavy atom. The molecule has 4 rings (SSSR count). The van der Waals surface area contributed by atoms with Gasteiger partial charge in [-0.3, -0.25) is 24.3 Å². The second-order valence-corrected chi connectivity index (χ2v) is 7.33. The van der Waals surface area contributed by atoms with Gasteiger partial charge in [0, 0.05) is 18.3 Å². The topological polar surface area (TPSA) is 96.3 Å². The van der Waals surface area contributed by atoms with E-state index in [4.69, 9.17) is 4.74 Å². The fourth-order valence-electron chi connectivity index (χ4n) is 3.46. The first-order valence-electron chi connectivity index (χ1n) is 9.68. The van der Waals surface area contributed by atoms with Crippen LogP contribution in [0, 0.1) is 5.82 Å². The van der Waals surface area contributed by atoms with Crippen LogP contribution >= 0.6 is 0 Å². The number of aliphatic hydroxyl groups excluding tert-OH is 1. The number of ether oxygens (including phenoxy) is 1. The summed E-state index contributed by atoms with van der Waals surface area (Å²) in [6, 6.07) is 10.6. The number of hydrogen-bond acceptors (Lipinski definition) is 6. The zero-order valence-electron chi connectivity index (χ0n) is 16.7. The molecule has 1 atom stereocenters. The van der Waals surface area contributed by atoms with Crippen LogP contribution in [0.1, 0.15) is 39.6 Å². The van der Waals surface area contributed by atoms with E-state index in [9.17, 15) is 23.9 Å². The Labute approximate surface area is 177 Å². The van der Waals surface area contributed by atoms with Crippen molar-refractivity contribution in [3.8, 4) is 5.75 Å². The van der Waals surface area contributed by atoms with Crippen molar-refractivity contribution < 1.29 is 28.6 Å². The first kappa shape index (κ1) is 20.6. The predicted octanol–water partition coefficient (Wildman–Crippen LogP) is 2.68. The second-order valence-electron chi connectivity index (χ2n) is 7.33. The summed E-state index contributed by atoms with van der Waals surface area (Å²) in [5.41, 5.74) is 1.66. The van der Waals surface area contributed by atoms with E-state index in [0.29, 0.717) is 17.0 Å². The average molecular weight is 422 g/mol. The summed E-state index contributed by atoms with van der Waals surface area (Å²) >= 11 is 0. The summed E-state index contributed by atoms with van der Waals surface area (Å²) in [7, 11) is 0. The lowest BCUT2D eigenvalue weighted by molar-refractivity contribution is -0.120. The van der Waals surface area contributed by atoms with E-state index in [1.54, 1.807) is 25.1 Å². The van der Waals surface area contributed by atoms with Gasteiger partial charge in [0.1, 0.15) is 18.2 Å². The molecule has 2 aromatic rings. The third kappa shape index (κ3) is 4.02. The van der Waals surface area contributed by atoms with Crippen LogP contribution in [-0.4, -0.2) is 46.0 Å². The van der Waals surface area contributed by atoms with E-state index >= 15 is 0 Å². The highest BCUT2D eigenvalue weighted by molar-refractivity contribution is 6.21. The van der Waals surface area contributed by atoms with Crippen LogP contribution in [0.2, 0.25) is 0 Å². The van der Waals surface area contributed by atoms with Crippen LogP contribution in [0.25, 0.3) is 0 Å². The van der Waals surface area contributed by atoms with E-state index in [1.807, 2.05) is 0 Å². The molecule has 8 heteroatoms. The second kappa shape index (κ2) is 8.23. The van der Waals surface area contributed by atoms with Crippen molar-refractivity contribution in [2.75, 3.05) is 6.54 Å². The van der Waals surface area contributed by atoms with Gasteiger partial charge >= 0.3 is 0 Å². The van der Waals surface area contributed by atoms with E-state index in [1.165, 1.54) is 30.5 Å². The maximum Gasteiger partial charge on any atom is 0.261 e. The highest BCUT2D eigenvalue weighted by atomic mass is 19.1. The van der Waals surface area contributed by atoms with Gasteiger partial charge in [-0.25, -0.2) is 4.39 Å². The van der Waals surface area contributed by atoms with Crippen LogP contribution in [0.15, 0.2) is 59.2 Å². The molecule has 0 radical (unpaired) electrons. The zero-order chi connectivity index (χ0) is 22.1. The number of Topliss-reactive ketones (excluding diaryl/α,β-unsaturated/α-hetero) is 1. The molecule has 0 aliphatic carbocycles. The predicted molar refractivity (Wildman–Crippen MR) is 109 cm³/mol. The van der Waals surface area contributed by atoms with Crippen LogP contribution in [-0.2, 0) is 11.4 Å². The number of hydrogen-bond donors (Lipinski definition) is 1. The Hall–Kier alpha value is -3.65. The summed E-state index contributed by atoms with van der Waals surface area (Å²) in [6.07, 6.45) is 0.169. The number of halogens is 1. The molecule has 7 nitrogen and oxygen atoms in total. The number of fused-ring (bicyclic) bond motifs is 1. The van der Waals surface area contributed by atoms with Crippen LogP contribution < -0.4 is 4.74 Å².